The standard InChI is InChI=1S/C11H13F3O2S/c1-3-17(15,16)8(2)9-4-6-10(7-5-9)11(12,13)14/h4-8H,3H2,1-2H3. The van der Waals surface area contributed by atoms with Crippen molar-refractivity contribution in [1.29, 1.82) is 0 Å². The highest BCUT2D eigenvalue weighted by Crippen LogP contribution is 2.31. The Morgan fingerprint density at radius 3 is 2.00 bits per heavy atom. The van der Waals surface area contributed by atoms with Gasteiger partial charge in [-0.2, -0.15) is 13.2 Å². The molecule has 1 aromatic rings. The van der Waals surface area contributed by atoms with Crippen molar-refractivity contribution in [2.75, 3.05) is 5.75 Å². The number of sulfone groups is 1. The van der Waals surface area contributed by atoms with Gasteiger partial charge in [0.25, 0.3) is 0 Å². The lowest BCUT2D eigenvalue weighted by molar-refractivity contribution is -0.137. The molecule has 0 N–H and O–H groups in total. The molecule has 1 aromatic carbocycles. The van der Waals surface area contributed by atoms with Crippen molar-refractivity contribution in [2.24, 2.45) is 0 Å². The van der Waals surface area contributed by atoms with Crippen LogP contribution < -0.4 is 0 Å². The SMILES string of the molecule is CCS(=O)(=O)C(C)c1ccc(C(F)(F)F)cc1. The Morgan fingerprint density at radius 2 is 1.65 bits per heavy atom. The summed E-state index contributed by atoms with van der Waals surface area (Å²) in [4.78, 5) is 0. The predicted molar refractivity (Wildman–Crippen MR) is 59.3 cm³/mol. The molecule has 96 valence electrons. The second-order valence-electron chi connectivity index (χ2n) is 3.71. The van der Waals surface area contributed by atoms with E-state index >= 15 is 0 Å². The van der Waals surface area contributed by atoms with Crippen LogP contribution in [-0.4, -0.2) is 14.2 Å². The molecule has 0 aromatic heterocycles. The minimum atomic E-state index is -4.40. The molecule has 1 unspecified atom stereocenters. The fourth-order valence-corrected chi connectivity index (χ4v) is 2.47. The summed E-state index contributed by atoms with van der Waals surface area (Å²) >= 11 is 0. The smallest absolute Gasteiger partial charge is 0.228 e. The lowest BCUT2D eigenvalue weighted by atomic mass is 10.1. The first-order valence-electron chi connectivity index (χ1n) is 5.07. The van der Waals surface area contributed by atoms with Gasteiger partial charge in [-0.25, -0.2) is 8.42 Å². The normalized spacial score (nSPS) is 14.6. The Morgan fingerprint density at radius 1 is 1.18 bits per heavy atom. The number of alkyl halides is 3. The van der Waals surface area contributed by atoms with Gasteiger partial charge in [0.1, 0.15) is 0 Å². The van der Waals surface area contributed by atoms with E-state index in [1.807, 2.05) is 0 Å². The van der Waals surface area contributed by atoms with Gasteiger partial charge < -0.3 is 0 Å². The topological polar surface area (TPSA) is 34.1 Å². The zero-order chi connectivity index (χ0) is 13.3. The Labute approximate surface area is 98.4 Å². The van der Waals surface area contributed by atoms with Crippen LogP contribution in [0.25, 0.3) is 0 Å². The quantitative estimate of drug-likeness (QED) is 0.842. The predicted octanol–water partition coefficient (Wildman–Crippen LogP) is 3.20. The summed E-state index contributed by atoms with van der Waals surface area (Å²) < 4.78 is 60.0. The van der Waals surface area contributed by atoms with Gasteiger partial charge in [0, 0.05) is 5.75 Å². The van der Waals surface area contributed by atoms with E-state index in [1.54, 1.807) is 0 Å². The first kappa shape index (κ1) is 14.0. The first-order valence-corrected chi connectivity index (χ1v) is 6.78. The lowest BCUT2D eigenvalue weighted by Crippen LogP contribution is -2.13. The summed E-state index contributed by atoms with van der Waals surface area (Å²) in [6.45, 7) is 2.98. The number of hydrogen-bond donors (Lipinski definition) is 0. The van der Waals surface area contributed by atoms with Gasteiger partial charge in [-0.3, -0.25) is 0 Å². The van der Waals surface area contributed by atoms with Crippen LogP contribution in [0.4, 0.5) is 13.2 Å². The van der Waals surface area contributed by atoms with Crippen molar-refractivity contribution >= 4 is 9.84 Å². The average molecular weight is 266 g/mol. The maximum atomic E-state index is 12.3. The third-order valence-corrected chi connectivity index (χ3v) is 4.80. The van der Waals surface area contributed by atoms with Gasteiger partial charge in [-0.05, 0) is 24.6 Å². The molecule has 0 aliphatic rings. The number of benzene rings is 1. The van der Waals surface area contributed by atoms with Gasteiger partial charge in [-0.1, -0.05) is 19.1 Å². The van der Waals surface area contributed by atoms with Gasteiger partial charge in [0.2, 0.25) is 0 Å². The molecule has 6 heteroatoms. The van der Waals surface area contributed by atoms with E-state index in [1.165, 1.54) is 26.0 Å². The summed E-state index contributed by atoms with van der Waals surface area (Å²) in [6, 6.07) is 4.22. The van der Waals surface area contributed by atoms with Gasteiger partial charge in [0.05, 0.1) is 10.8 Å². The van der Waals surface area contributed by atoms with Crippen LogP contribution in [0.1, 0.15) is 30.2 Å². The molecule has 0 radical (unpaired) electrons. The molecule has 17 heavy (non-hydrogen) atoms. The van der Waals surface area contributed by atoms with Crippen LogP contribution in [0.2, 0.25) is 0 Å². The van der Waals surface area contributed by atoms with Crippen LogP contribution in [0.5, 0.6) is 0 Å². The first-order chi connectivity index (χ1) is 7.68. The third-order valence-electron chi connectivity index (χ3n) is 2.65. The van der Waals surface area contributed by atoms with Gasteiger partial charge >= 0.3 is 6.18 Å². The van der Waals surface area contributed by atoms with E-state index in [9.17, 15) is 21.6 Å². The van der Waals surface area contributed by atoms with E-state index < -0.39 is 26.8 Å². The summed E-state index contributed by atoms with van der Waals surface area (Å²) in [6.07, 6.45) is -4.40. The molecule has 0 saturated heterocycles. The average Bonchev–Trinajstić information content (AvgIpc) is 2.27. The molecule has 0 saturated carbocycles. The van der Waals surface area contributed by atoms with Crippen molar-refractivity contribution in [3.8, 4) is 0 Å². The summed E-state index contributed by atoms with van der Waals surface area (Å²) in [5, 5.41) is -0.783. The second kappa shape index (κ2) is 4.68. The van der Waals surface area contributed by atoms with E-state index in [0.29, 0.717) is 5.56 Å². The molecule has 0 bridgehead atoms. The highest BCUT2D eigenvalue weighted by Gasteiger charge is 2.30. The maximum Gasteiger partial charge on any atom is 0.416 e. The highest BCUT2D eigenvalue weighted by atomic mass is 32.2. The summed E-state index contributed by atoms with van der Waals surface area (Å²) in [5.41, 5.74) is -0.401. The minimum absolute atomic E-state index is 0.0326. The third kappa shape index (κ3) is 3.21. The minimum Gasteiger partial charge on any atom is -0.228 e. The molecule has 0 amide bonds. The Balaban J connectivity index is 3.04. The molecular formula is C11H13F3O2S. The zero-order valence-corrected chi connectivity index (χ0v) is 10.3. The molecule has 1 atom stereocenters. The Kier molecular flexibility index (Phi) is 3.86. The van der Waals surface area contributed by atoms with Crippen LogP contribution >= 0.6 is 0 Å². The summed E-state index contributed by atoms with van der Waals surface area (Å²) in [7, 11) is -3.28. The van der Waals surface area contributed by atoms with Crippen LogP contribution in [0.3, 0.4) is 0 Å². The Hall–Kier alpha value is -1.04. The lowest BCUT2D eigenvalue weighted by Gasteiger charge is -2.13. The molecule has 1 rings (SSSR count). The highest BCUT2D eigenvalue weighted by molar-refractivity contribution is 7.91. The van der Waals surface area contributed by atoms with Crippen LogP contribution in [-0.2, 0) is 16.0 Å². The van der Waals surface area contributed by atoms with Crippen LogP contribution in [0, 0.1) is 0 Å². The van der Waals surface area contributed by atoms with E-state index in [-0.39, 0.29) is 5.75 Å². The van der Waals surface area contributed by atoms with Crippen molar-refractivity contribution in [3.05, 3.63) is 35.4 Å². The molecule has 0 fully saturated rings. The van der Waals surface area contributed by atoms with Crippen LogP contribution in [0.15, 0.2) is 24.3 Å². The zero-order valence-electron chi connectivity index (χ0n) is 9.45. The number of rotatable bonds is 3. The molecule has 2 nitrogen and oxygen atoms in total. The van der Waals surface area contributed by atoms with Crippen molar-refractivity contribution < 1.29 is 21.6 Å². The monoisotopic (exact) mass is 266 g/mol. The molecule has 0 aliphatic carbocycles. The molecular weight excluding hydrogens is 253 g/mol. The van der Waals surface area contributed by atoms with Crippen molar-refractivity contribution in [2.45, 2.75) is 25.3 Å². The largest absolute Gasteiger partial charge is 0.416 e. The summed E-state index contributed by atoms with van der Waals surface area (Å²) in [5.74, 6) is -0.0326. The second-order valence-corrected chi connectivity index (χ2v) is 6.32. The van der Waals surface area contributed by atoms with E-state index in [2.05, 4.69) is 0 Å². The fourth-order valence-electron chi connectivity index (χ4n) is 1.40. The van der Waals surface area contributed by atoms with E-state index in [0.717, 1.165) is 12.1 Å². The fraction of sp³-hybridized carbons (Fsp3) is 0.455. The number of hydrogen-bond acceptors (Lipinski definition) is 2. The van der Waals surface area contributed by atoms with E-state index in [4.69, 9.17) is 0 Å². The van der Waals surface area contributed by atoms with Gasteiger partial charge in [-0.15, -0.1) is 0 Å². The number of halogens is 3. The van der Waals surface area contributed by atoms with Crippen molar-refractivity contribution in [3.63, 3.8) is 0 Å². The van der Waals surface area contributed by atoms with Gasteiger partial charge in [0.15, 0.2) is 9.84 Å². The molecule has 0 aliphatic heterocycles. The van der Waals surface area contributed by atoms with Crippen molar-refractivity contribution in [1.82, 2.24) is 0 Å². The molecule has 0 spiro atoms. The Bertz CT molecular complexity index is 474. The maximum absolute atomic E-state index is 12.3. The molecule has 0 heterocycles.